The smallest absolute Gasteiger partial charge is 0.262 e. The Labute approximate surface area is 118 Å². The Bertz CT molecular complexity index is 673. The highest BCUT2D eigenvalue weighted by Gasteiger charge is 2.15. The third-order valence-electron chi connectivity index (χ3n) is 2.22. The molecule has 2 rings (SSSR count). The molecule has 0 bridgehead atoms. The van der Waals surface area contributed by atoms with Crippen LogP contribution in [-0.4, -0.2) is 8.42 Å². The number of nitrogens with one attached hydrogen (secondary N) is 1. The number of halogens is 2. The van der Waals surface area contributed by atoms with Crippen molar-refractivity contribution in [1.29, 1.82) is 0 Å². The minimum atomic E-state index is -3.75. The van der Waals surface area contributed by atoms with Gasteiger partial charge >= 0.3 is 0 Å². The first-order valence-electron chi connectivity index (χ1n) is 5.02. The molecule has 0 saturated heterocycles. The van der Waals surface area contributed by atoms with E-state index in [1.165, 1.54) is 18.2 Å². The molecule has 0 unspecified atom stereocenters. The number of sulfonamides is 1. The van der Waals surface area contributed by atoms with Gasteiger partial charge in [-0.05, 0) is 52.9 Å². The van der Waals surface area contributed by atoms with Crippen molar-refractivity contribution in [2.75, 3.05) is 4.72 Å². The molecule has 1 N–H and O–H groups in total. The monoisotopic (exact) mass is 377 g/mol. The molecule has 0 aliphatic heterocycles. The van der Waals surface area contributed by atoms with E-state index in [1.807, 2.05) is 28.7 Å². The van der Waals surface area contributed by atoms with Gasteiger partial charge in [0.25, 0.3) is 10.0 Å². The molecule has 3 nitrogen and oxygen atoms in total. The molecule has 0 spiro atoms. The van der Waals surface area contributed by atoms with Crippen molar-refractivity contribution in [2.45, 2.75) is 4.90 Å². The summed E-state index contributed by atoms with van der Waals surface area (Å²) in [6.45, 7) is 0. The quantitative estimate of drug-likeness (QED) is 0.835. The number of rotatable bonds is 3. The molecule has 94 valence electrons. The van der Waals surface area contributed by atoms with Crippen molar-refractivity contribution in [2.24, 2.45) is 0 Å². The van der Waals surface area contributed by atoms with E-state index in [0.29, 0.717) is 5.69 Å². The van der Waals surface area contributed by atoms with Crippen molar-refractivity contribution in [3.63, 3.8) is 0 Å². The third kappa shape index (κ3) is 2.99. The van der Waals surface area contributed by atoms with Crippen LogP contribution >= 0.6 is 22.6 Å². The lowest BCUT2D eigenvalue weighted by molar-refractivity contribution is 0.595. The number of hydrogen-bond acceptors (Lipinski definition) is 2. The van der Waals surface area contributed by atoms with E-state index in [-0.39, 0.29) is 4.90 Å². The van der Waals surface area contributed by atoms with Crippen molar-refractivity contribution in [3.8, 4) is 0 Å². The number of benzene rings is 2. The molecular weight excluding hydrogens is 368 g/mol. The highest BCUT2D eigenvalue weighted by molar-refractivity contribution is 14.1. The SMILES string of the molecule is O=S(=O)(Nc1ccccc1I)c1cccc(F)c1. The first-order valence-corrected chi connectivity index (χ1v) is 7.58. The molecule has 0 heterocycles. The lowest BCUT2D eigenvalue weighted by atomic mass is 10.3. The predicted molar refractivity (Wildman–Crippen MR) is 76.4 cm³/mol. The average Bonchev–Trinajstić information content (AvgIpc) is 2.32. The number of para-hydroxylation sites is 1. The zero-order valence-electron chi connectivity index (χ0n) is 9.10. The Morgan fingerprint density at radius 3 is 2.44 bits per heavy atom. The van der Waals surface area contributed by atoms with Crippen LogP contribution in [0.5, 0.6) is 0 Å². The van der Waals surface area contributed by atoms with Gasteiger partial charge in [-0.25, -0.2) is 12.8 Å². The molecule has 18 heavy (non-hydrogen) atoms. The summed E-state index contributed by atoms with van der Waals surface area (Å²) in [6, 6.07) is 11.9. The van der Waals surface area contributed by atoms with E-state index in [4.69, 9.17) is 0 Å². The van der Waals surface area contributed by atoms with Crippen LogP contribution in [0.4, 0.5) is 10.1 Å². The molecule has 2 aromatic rings. The zero-order valence-corrected chi connectivity index (χ0v) is 12.1. The maximum absolute atomic E-state index is 13.0. The van der Waals surface area contributed by atoms with Gasteiger partial charge in [0.1, 0.15) is 5.82 Å². The highest BCUT2D eigenvalue weighted by atomic mass is 127. The van der Waals surface area contributed by atoms with Gasteiger partial charge in [0.2, 0.25) is 0 Å². The minimum Gasteiger partial charge on any atom is -0.279 e. The molecule has 0 amide bonds. The van der Waals surface area contributed by atoms with Crippen LogP contribution in [0.1, 0.15) is 0 Å². The van der Waals surface area contributed by atoms with Crippen LogP contribution in [0.25, 0.3) is 0 Å². The molecule has 0 atom stereocenters. The summed E-state index contributed by atoms with van der Waals surface area (Å²) in [5, 5.41) is 0. The molecule has 0 aliphatic carbocycles. The number of hydrogen-bond donors (Lipinski definition) is 1. The van der Waals surface area contributed by atoms with Gasteiger partial charge in [0.15, 0.2) is 0 Å². The zero-order chi connectivity index (χ0) is 13.2. The fourth-order valence-corrected chi connectivity index (χ4v) is 3.20. The molecule has 2 aromatic carbocycles. The Morgan fingerprint density at radius 2 is 1.78 bits per heavy atom. The van der Waals surface area contributed by atoms with Crippen molar-refractivity contribution in [1.82, 2.24) is 0 Å². The summed E-state index contributed by atoms with van der Waals surface area (Å²) in [5.74, 6) is -0.583. The van der Waals surface area contributed by atoms with E-state index >= 15 is 0 Å². The fourth-order valence-electron chi connectivity index (χ4n) is 1.38. The Morgan fingerprint density at radius 1 is 1.06 bits per heavy atom. The molecule has 0 aromatic heterocycles. The van der Waals surface area contributed by atoms with Crippen LogP contribution in [0.15, 0.2) is 53.4 Å². The third-order valence-corrected chi connectivity index (χ3v) is 4.53. The second kappa shape index (κ2) is 5.23. The van der Waals surface area contributed by atoms with Gasteiger partial charge in [0, 0.05) is 3.57 Å². The lowest BCUT2D eigenvalue weighted by Crippen LogP contribution is -2.13. The van der Waals surface area contributed by atoms with Gasteiger partial charge < -0.3 is 0 Å². The summed E-state index contributed by atoms with van der Waals surface area (Å²) >= 11 is 2.03. The van der Waals surface area contributed by atoms with E-state index in [9.17, 15) is 12.8 Å². The summed E-state index contributed by atoms with van der Waals surface area (Å²) < 4.78 is 40.3. The van der Waals surface area contributed by atoms with Gasteiger partial charge in [-0.2, -0.15) is 0 Å². The Balaban J connectivity index is 2.37. The predicted octanol–water partition coefficient (Wildman–Crippen LogP) is 3.23. The Hall–Kier alpha value is -1.15. The van der Waals surface area contributed by atoms with Crippen LogP contribution in [0.3, 0.4) is 0 Å². The maximum Gasteiger partial charge on any atom is 0.262 e. The number of anilines is 1. The first kappa shape index (κ1) is 13.3. The largest absolute Gasteiger partial charge is 0.279 e. The van der Waals surface area contributed by atoms with Gasteiger partial charge in [-0.1, -0.05) is 18.2 Å². The normalized spacial score (nSPS) is 11.2. The molecule has 0 radical (unpaired) electrons. The molecule has 0 aliphatic rings. The summed E-state index contributed by atoms with van der Waals surface area (Å²) in [5.41, 5.74) is 0.474. The first-order chi connectivity index (χ1) is 8.49. The lowest BCUT2D eigenvalue weighted by Gasteiger charge is -2.09. The maximum atomic E-state index is 13.0. The van der Waals surface area contributed by atoms with E-state index in [0.717, 1.165) is 9.64 Å². The average molecular weight is 377 g/mol. The Kier molecular flexibility index (Phi) is 3.86. The van der Waals surface area contributed by atoms with Crippen LogP contribution in [0, 0.1) is 9.39 Å². The van der Waals surface area contributed by atoms with Gasteiger partial charge in [0.05, 0.1) is 10.6 Å². The second-order valence-electron chi connectivity index (χ2n) is 3.54. The van der Waals surface area contributed by atoms with Crippen LogP contribution < -0.4 is 4.72 Å². The van der Waals surface area contributed by atoms with Crippen LogP contribution in [-0.2, 0) is 10.0 Å². The van der Waals surface area contributed by atoms with E-state index in [2.05, 4.69) is 4.72 Å². The van der Waals surface area contributed by atoms with E-state index < -0.39 is 15.8 Å². The van der Waals surface area contributed by atoms with E-state index in [1.54, 1.807) is 18.2 Å². The van der Waals surface area contributed by atoms with Crippen LogP contribution in [0.2, 0.25) is 0 Å². The van der Waals surface area contributed by atoms with Crippen molar-refractivity contribution < 1.29 is 12.8 Å². The molecule has 6 heteroatoms. The molecule has 0 fully saturated rings. The minimum absolute atomic E-state index is 0.0952. The standard InChI is InChI=1S/C12H9FINO2S/c13-9-4-3-5-10(8-9)18(16,17)15-12-7-2-1-6-11(12)14/h1-8,15H. The van der Waals surface area contributed by atoms with Crippen molar-refractivity contribution in [3.05, 3.63) is 57.9 Å². The van der Waals surface area contributed by atoms with Gasteiger partial charge in [-0.15, -0.1) is 0 Å². The van der Waals surface area contributed by atoms with Gasteiger partial charge in [-0.3, -0.25) is 4.72 Å². The highest BCUT2D eigenvalue weighted by Crippen LogP contribution is 2.21. The molecule has 0 saturated carbocycles. The summed E-state index contributed by atoms with van der Waals surface area (Å²) in [4.78, 5) is -0.0952. The van der Waals surface area contributed by atoms with Crippen molar-refractivity contribution >= 4 is 38.3 Å². The fraction of sp³-hybridized carbons (Fsp3) is 0. The summed E-state index contributed by atoms with van der Waals surface area (Å²) in [6.07, 6.45) is 0. The second-order valence-corrected chi connectivity index (χ2v) is 6.39. The molecular formula is C12H9FINO2S. The topological polar surface area (TPSA) is 46.2 Å². The summed E-state index contributed by atoms with van der Waals surface area (Å²) in [7, 11) is -3.75.